The maximum atomic E-state index is 12.3. The number of fused-ring (bicyclic) bond motifs is 3. The maximum Gasteiger partial charge on any atom is 0.322 e. The standard InChI is InChI=1S/C36H39N3O15/c1-49-25-7-19-4-23-11-29(53-17-32(41)38-14-35(45)46)27(51-3)9-21(23)6-24-12-30(54-18-33(42)39-15-36(47)48)26(50-2)8-20(24)5-22(19)10-28(25)52-16-31(40)37-13-34(43)44/h7-12H,4-6,13-18H2,1-3H3,(H,37,40)(H,38,41)(H,39,42)(H,43,44)(H,45,46)(H,47,48). The Bertz CT molecular complexity index is 1710. The van der Waals surface area contributed by atoms with Crippen LogP contribution in [0.1, 0.15) is 33.4 Å². The van der Waals surface area contributed by atoms with E-state index < -0.39 is 75.1 Å². The molecule has 18 heteroatoms. The Labute approximate surface area is 308 Å². The molecule has 0 fully saturated rings. The van der Waals surface area contributed by atoms with Gasteiger partial charge in [0.1, 0.15) is 19.6 Å². The number of hydrogen-bond donors (Lipinski definition) is 6. The van der Waals surface area contributed by atoms with E-state index in [1.165, 1.54) is 21.3 Å². The summed E-state index contributed by atoms with van der Waals surface area (Å²) in [6.07, 6.45) is 0.929. The molecule has 3 aromatic rings. The molecular formula is C36H39N3O15. The number of rotatable bonds is 18. The van der Waals surface area contributed by atoms with E-state index in [1.54, 1.807) is 36.4 Å². The summed E-state index contributed by atoms with van der Waals surface area (Å²) in [4.78, 5) is 69.5. The van der Waals surface area contributed by atoms with Gasteiger partial charge < -0.3 is 59.7 Å². The Morgan fingerprint density at radius 2 is 0.667 bits per heavy atom. The van der Waals surface area contributed by atoms with Crippen LogP contribution in [-0.4, -0.2) is 112 Å². The van der Waals surface area contributed by atoms with Gasteiger partial charge in [0, 0.05) is 0 Å². The van der Waals surface area contributed by atoms with Crippen LogP contribution in [0, 0.1) is 0 Å². The second-order valence-electron chi connectivity index (χ2n) is 11.7. The zero-order valence-electron chi connectivity index (χ0n) is 29.6. The van der Waals surface area contributed by atoms with E-state index in [-0.39, 0.29) is 17.2 Å². The third kappa shape index (κ3) is 11.1. The first-order chi connectivity index (χ1) is 25.8. The largest absolute Gasteiger partial charge is 0.493 e. The topological polar surface area (TPSA) is 255 Å². The Morgan fingerprint density at radius 1 is 0.444 bits per heavy atom. The molecule has 0 saturated carbocycles. The summed E-state index contributed by atoms with van der Waals surface area (Å²) >= 11 is 0. The van der Waals surface area contributed by atoms with Gasteiger partial charge in [0.25, 0.3) is 17.7 Å². The molecule has 1 aliphatic carbocycles. The molecule has 288 valence electrons. The molecule has 1 aliphatic rings. The maximum absolute atomic E-state index is 12.3. The molecule has 3 amide bonds. The van der Waals surface area contributed by atoms with Crippen molar-refractivity contribution in [2.24, 2.45) is 0 Å². The molecule has 0 saturated heterocycles. The second-order valence-corrected chi connectivity index (χ2v) is 11.7. The minimum absolute atomic E-state index is 0.216. The van der Waals surface area contributed by atoms with Gasteiger partial charge >= 0.3 is 17.9 Å². The van der Waals surface area contributed by atoms with Crippen LogP contribution in [0.4, 0.5) is 0 Å². The molecule has 0 radical (unpaired) electrons. The van der Waals surface area contributed by atoms with Crippen molar-refractivity contribution in [2.75, 3.05) is 60.8 Å². The second kappa shape index (κ2) is 18.7. The Hall–Kier alpha value is -6.72. The highest BCUT2D eigenvalue weighted by atomic mass is 16.5. The van der Waals surface area contributed by atoms with Gasteiger partial charge in [-0.2, -0.15) is 0 Å². The van der Waals surface area contributed by atoms with Crippen LogP contribution in [0.25, 0.3) is 0 Å². The summed E-state index contributed by atoms with van der Waals surface area (Å²) in [6.45, 7) is -3.21. The number of carboxylic acid groups (broad SMARTS) is 3. The number of methoxy groups -OCH3 is 3. The Balaban J connectivity index is 1.80. The fraction of sp³-hybridized carbons (Fsp3) is 0.333. The minimum Gasteiger partial charge on any atom is -0.493 e. The smallest absolute Gasteiger partial charge is 0.322 e. The highest BCUT2D eigenvalue weighted by molar-refractivity contribution is 5.83. The van der Waals surface area contributed by atoms with Gasteiger partial charge in [-0.05, 0) is 89.0 Å². The van der Waals surface area contributed by atoms with Gasteiger partial charge in [-0.25, -0.2) is 0 Å². The van der Waals surface area contributed by atoms with Crippen molar-refractivity contribution < 1.29 is 72.5 Å². The zero-order chi connectivity index (χ0) is 39.4. The number of benzene rings is 3. The lowest BCUT2D eigenvalue weighted by Crippen LogP contribution is -2.33. The fourth-order valence-corrected chi connectivity index (χ4v) is 5.46. The molecule has 4 rings (SSSR count). The van der Waals surface area contributed by atoms with Crippen LogP contribution in [0.15, 0.2) is 36.4 Å². The highest BCUT2D eigenvalue weighted by Gasteiger charge is 2.23. The molecule has 0 spiro atoms. The normalized spacial score (nSPS) is 11.4. The number of carboxylic acids is 3. The number of carbonyl (C=O) groups excluding carboxylic acids is 3. The van der Waals surface area contributed by atoms with Gasteiger partial charge in [0.2, 0.25) is 0 Å². The van der Waals surface area contributed by atoms with E-state index in [9.17, 15) is 28.8 Å². The van der Waals surface area contributed by atoms with Crippen molar-refractivity contribution in [2.45, 2.75) is 19.3 Å². The van der Waals surface area contributed by atoms with Crippen molar-refractivity contribution in [3.05, 3.63) is 69.8 Å². The average Bonchev–Trinajstić information content (AvgIpc) is 3.19. The SMILES string of the molecule is COc1cc2c(cc1OCC(=O)NCC(=O)O)Cc1cc(OC)c(OCC(=O)NCC(=O)O)cc1Cc1cc(OC)c(OCC(=O)NCC(=O)O)cc1C2. The molecule has 0 aromatic heterocycles. The molecule has 0 heterocycles. The summed E-state index contributed by atoms with van der Waals surface area (Å²) in [6, 6.07) is 10.4. The van der Waals surface area contributed by atoms with Crippen LogP contribution in [-0.2, 0) is 48.0 Å². The van der Waals surface area contributed by atoms with E-state index in [4.69, 9.17) is 43.7 Å². The van der Waals surface area contributed by atoms with Gasteiger partial charge in [-0.15, -0.1) is 0 Å². The predicted octanol–water partition coefficient (Wildman–Crippen LogP) is 0.537. The van der Waals surface area contributed by atoms with Crippen LogP contribution in [0.5, 0.6) is 34.5 Å². The first-order valence-corrected chi connectivity index (χ1v) is 16.2. The lowest BCUT2D eigenvalue weighted by atomic mass is 9.94. The van der Waals surface area contributed by atoms with Gasteiger partial charge in [-0.3, -0.25) is 28.8 Å². The van der Waals surface area contributed by atoms with Gasteiger partial charge in [-0.1, -0.05) is 0 Å². The first-order valence-electron chi connectivity index (χ1n) is 16.2. The Kier molecular flexibility index (Phi) is 13.9. The van der Waals surface area contributed by atoms with E-state index in [1.807, 2.05) is 0 Å². The summed E-state index contributed by atoms with van der Waals surface area (Å²) < 4.78 is 34.2. The average molecular weight is 754 g/mol. The molecule has 54 heavy (non-hydrogen) atoms. The third-order valence-electron chi connectivity index (χ3n) is 7.99. The molecule has 18 nitrogen and oxygen atoms in total. The number of hydrogen-bond acceptors (Lipinski definition) is 12. The van der Waals surface area contributed by atoms with Crippen molar-refractivity contribution in [1.82, 2.24) is 16.0 Å². The van der Waals surface area contributed by atoms with Crippen molar-refractivity contribution >= 4 is 35.6 Å². The molecular weight excluding hydrogens is 714 g/mol. The van der Waals surface area contributed by atoms with Gasteiger partial charge in [0.15, 0.2) is 54.3 Å². The number of ether oxygens (including phenoxy) is 6. The van der Waals surface area contributed by atoms with Gasteiger partial charge in [0.05, 0.1) is 21.3 Å². The summed E-state index contributed by atoms with van der Waals surface area (Å²) in [7, 11) is 4.29. The summed E-state index contributed by atoms with van der Waals surface area (Å²) in [5, 5.41) is 33.4. The minimum atomic E-state index is -1.21. The molecule has 3 aromatic carbocycles. The van der Waals surface area contributed by atoms with E-state index >= 15 is 0 Å². The molecule has 0 unspecified atom stereocenters. The zero-order valence-corrected chi connectivity index (χ0v) is 29.6. The summed E-state index contributed by atoms with van der Waals surface area (Å²) in [5.41, 5.74) is 4.61. The molecule has 0 aliphatic heterocycles. The predicted molar refractivity (Wildman–Crippen MR) is 186 cm³/mol. The van der Waals surface area contributed by atoms with Crippen LogP contribution in [0.3, 0.4) is 0 Å². The molecule has 6 N–H and O–H groups in total. The van der Waals surface area contributed by atoms with Crippen molar-refractivity contribution in [1.29, 1.82) is 0 Å². The highest BCUT2D eigenvalue weighted by Crippen LogP contribution is 2.41. The summed E-state index contributed by atoms with van der Waals surface area (Å²) in [5.74, 6) is -4.08. The fourth-order valence-electron chi connectivity index (χ4n) is 5.46. The van der Waals surface area contributed by atoms with Crippen molar-refractivity contribution in [3.63, 3.8) is 0 Å². The number of amides is 3. The van der Waals surface area contributed by atoms with Crippen LogP contribution < -0.4 is 44.4 Å². The van der Waals surface area contributed by atoms with Crippen molar-refractivity contribution in [3.8, 4) is 34.5 Å². The first kappa shape index (κ1) is 40.1. The number of nitrogens with one attached hydrogen (secondary N) is 3. The van der Waals surface area contributed by atoms with Crippen LogP contribution in [0.2, 0.25) is 0 Å². The monoisotopic (exact) mass is 753 g/mol. The van der Waals surface area contributed by atoms with E-state index in [0.29, 0.717) is 36.5 Å². The molecule has 0 bridgehead atoms. The Morgan fingerprint density at radius 3 is 0.870 bits per heavy atom. The lowest BCUT2D eigenvalue weighted by Gasteiger charge is -2.18. The van der Waals surface area contributed by atoms with E-state index in [2.05, 4.69) is 16.0 Å². The molecule has 0 atom stereocenters. The number of aliphatic carboxylic acids is 3. The van der Waals surface area contributed by atoms with Crippen LogP contribution >= 0.6 is 0 Å². The lowest BCUT2D eigenvalue weighted by molar-refractivity contribution is -0.138. The van der Waals surface area contributed by atoms with E-state index in [0.717, 1.165) is 33.4 Å². The quantitative estimate of drug-likeness (QED) is 0.0811. The number of carbonyl (C=O) groups is 6. The third-order valence-corrected chi connectivity index (χ3v) is 7.99.